The van der Waals surface area contributed by atoms with Crippen molar-refractivity contribution < 1.29 is 14.3 Å². The van der Waals surface area contributed by atoms with Crippen molar-refractivity contribution in [3.8, 4) is 0 Å². The number of rotatable bonds is 5. The van der Waals surface area contributed by atoms with Crippen LogP contribution in [0.25, 0.3) is 0 Å². The van der Waals surface area contributed by atoms with Crippen LogP contribution in [0.3, 0.4) is 0 Å². The molecule has 0 radical (unpaired) electrons. The van der Waals surface area contributed by atoms with Crippen molar-refractivity contribution in [3.05, 3.63) is 0 Å². The van der Waals surface area contributed by atoms with Crippen LogP contribution in [0.5, 0.6) is 0 Å². The fourth-order valence-electron chi connectivity index (χ4n) is 1.38. The van der Waals surface area contributed by atoms with E-state index in [1.54, 1.807) is 13.8 Å². The van der Waals surface area contributed by atoms with Crippen LogP contribution in [0.15, 0.2) is 0 Å². The highest BCUT2D eigenvalue weighted by molar-refractivity contribution is 5.88. The Morgan fingerprint density at radius 1 is 1.27 bits per heavy atom. The minimum atomic E-state index is -0.950. The maximum Gasteiger partial charge on any atom is 0.330 e. The Labute approximate surface area is 91.4 Å². The molecule has 4 nitrogen and oxygen atoms in total. The molecule has 0 unspecified atom stereocenters. The molecule has 0 aromatic rings. The highest BCUT2D eigenvalue weighted by Crippen LogP contribution is 2.11. The largest absolute Gasteiger partial charge is 0.467 e. The molecule has 0 heterocycles. The number of carbonyl (C=O) groups is 2. The summed E-state index contributed by atoms with van der Waals surface area (Å²) in [6.45, 7) is 7.19. The number of carbonyl (C=O) groups excluding carboxylic acids is 2. The zero-order valence-corrected chi connectivity index (χ0v) is 10.2. The van der Waals surface area contributed by atoms with Gasteiger partial charge in [-0.2, -0.15) is 0 Å². The predicted octanol–water partition coefficient (Wildman–Crippen LogP) is 1.49. The van der Waals surface area contributed by atoms with E-state index in [2.05, 4.69) is 10.1 Å². The molecule has 4 heteroatoms. The van der Waals surface area contributed by atoms with Gasteiger partial charge in [-0.3, -0.25) is 4.79 Å². The van der Waals surface area contributed by atoms with Crippen LogP contribution in [-0.2, 0) is 14.3 Å². The number of hydrogen-bond donors (Lipinski definition) is 1. The molecule has 0 aliphatic carbocycles. The van der Waals surface area contributed by atoms with Gasteiger partial charge in [0.1, 0.15) is 5.54 Å². The number of amides is 1. The maximum atomic E-state index is 11.7. The van der Waals surface area contributed by atoms with Gasteiger partial charge in [-0.1, -0.05) is 13.8 Å². The van der Waals surface area contributed by atoms with Gasteiger partial charge in [-0.05, 0) is 26.7 Å². The van der Waals surface area contributed by atoms with E-state index in [0.717, 1.165) is 12.8 Å². The van der Waals surface area contributed by atoms with Crippen LogP contribution < -0.4 is 5.32 Å². The monoisotopic (exact) mass is 215 g/mol. The van der Waals surface area contributed by atoms with E-state index < -0.39 is 11.5 Å². The molecule has 0 aromatic carbocycles. The van der Waals surface area contributed by atoms with Crippen LogP contribution >= 0.6 is 0 Å². The van der Waals surface area contributed by atoms with Crippen LogP contribution in [0.4, 0.5) is 0 Å². The van der Waals surface area contributed by atoms with E-state index in [1.165, 1.54) is 7.11 Å². The topological polar surface area (TPSA) is 55.4 Å². The van der Waals surface area contributed by atoms with Crippen LogP contribution in [0, 0.1) is 5.92 Å². The van der Waals surface area contributed by atoms with Crippen molar-refractivity contribution in [2.75, 3.05) is 7.11 Å². The predicted molar refractivity (Wildman–Crippen MR) is 58.3 cm³/mol. The molecule has 0 aromatic heterocycles. The number of ether oxygens (including phenoxy) is 1. The first kappa shape index (κ1) is 13.9. The van der Waals surface area contributed by atoms with Crippen LogP contribution in [-0.4, -0.2) is 24.5 Å². The summed E-state index contributed by atoms with van der Waals surface area (Å²) < 4.78 is 4.61. The summed E-state index contributed by atoms with van der Waals surface area (Å²) in [7, 11) is 1.31. The van der Waals surface area contributed by atoms with Gasteiger partial charge >= 0.3 is 5.97 Å². The van der Waals surface area contributed by atoms with Gasteiger partial charge in [0.05, 0.1) is 7.11 Å². The highest BCUT2D eigenvalue weighted by atomic mass is 16.5. The standard InChI is InChI=1S/C11H21NO3/c1-6-8(7-2)9(13)12-11(3,4)10(14)15-5/h8H,6-7H2,1-5H3,(H,12,13). The minimum absolute atomic E-state index is 0.0334. The minimum Gasteiger partial charge on any atom is -0.467 e. The average Bonchev–Trinajstić information content (AvgIpc) is 2.17. The molecule has 0 rings (SSSR count). The molecular formula is C11H21NO3. The summed E-state index contributed by atoms with van der Waals surface area (Å²) in [5, 5.41) is 2.70. The Morgan fingerprint density at radius 3 is 2.07 bits per heavy atom. The highest BCUT2D eigenvalue weighted by Gasteiger charge is 2.31. The number of esters is 1. The van der Waals surface area contributed by atoms with Gasteiger partial charge in [-0.15, -0.1) is 0 Å². The quantitative estimate of drug-likeness (QED) is 0.707. The summed E-state index contributed by atoms with van der Waals surface area (Å²) in [6, 6.07) is 0. The number of methoxy groups -OCH3 is 1. The lowest BCUT2D eigenvalue weighted by Gasteiger charge is -2.25. The second kappa shape index (κ2) is 5.73. The van der Waals surface area contributed by atoms with E-state index in [4.69, 9.17) is 0 Å². The van der Waals surface area contributed by atoms with Crippen molar-refractivity contribution in [2.24, 2.45) is 5.92 Å². The van der Waals surface area contributed by atoms with E-state index >= 15 is 0 Å². The second-order valence-electron chi connectivity index (χ2n) is 4.12. The van der Waals surface area contributed by atoms with E-state index in [0.29, 0.717) is 0 Å². The maximum absolute atomic E-state index is 11.7. The first-order valence-corrected chi connectivity index (χ1v) is 5.29. The molecule has 15 heavy (non-hydrogen) atoms. The lowest BCUT2D eigenvalue weighted by molar-refractivity contribution is -0.150. The molecule has 0 spiro atoms. The van der Waals surface area contributed by atoms with Crippen LogP contribution in [0.1, 0.15) is 40.5 Å². The molecule has 88 valence electrons. The summed E-state index contributed by atoms with van der Waals surface area (Å²) in [4.78, 5) is 23.1. The summed E-state index contributed by atoms with van der Waals surface area (Å²) in [5.74, 6) is -0.550. The lowest BCUT2D eigenvalue weighted by atomic mass is 9.99. The molecule has 0 aliphatic heterocycles. The number of nitrogens with one attached hydrogen (secondary N) is 1. The summed E-state index contributed by atoms with van der Waals surface area (Å²) >= 11 is 0. The molecule has 0 atom stereocenters. The van der Waals surface area contributed by atoms with Gasteiger partial charge in [0.15, 0.2) is 0 Å². The molecule has 0 fully saturated rings. The zero-order valence-electron chi connectivity index (χ0n) is 10.2. The van der Waals surface area contributed by atoms with Crippen molar-refractivity contribution in [2.45, 2.75) is 46.1 Å². The fraction of sp³-hybridized carbons (Fsp3) is 0.818. The Hall–Kier alpha value is -1.06. The third kappa shape index (κ3) is 3.90. The fourth-order valence-corrected chi connectivity index (χ4v) is 1.38. The molecule has 0 aliphatic rings. The SMILES string of the molecule is CCC(CC)C(=O)NC(C)(C)C(=O)OC. The lowest BCUT2D eigenvalue weighted by Crippen LogP contribution is -2.52. The summed E-state index contributed by atoms with van der Waals surface area (Å²) in [5.41, 5.74) is -0.950. The van der Waals surface area contributed by atoms with Crippen molar-refractivity contribution >= 4 is 11.9 Å². The van der Waals surface area contributed by atoms with Crippen molar-refractivity contribution in [1.29, 1.82) is 0 Å². The third-order valence-corrected chi connectivity index (χ3v) is 2.49. The van der Waals surface area contributed by atoms with E-state index in [9.17, 15) is 9.59 Å². The van der Waals surface area contributed by atoms with Gasteiger partial charge in [-0.25, -0.2) is 4.79 Å². The van der Waals surface area contributed by atoms with Gasteiger partial charge in [0.2, 0.25) is 5.91 Å². The first-order chi connectivity index (χ1) is 6.88. The van der Waals surface area contributed by atoms with E-state index in [-0.39, 0.29) is 11.8 Å². The zero-order chi connectivity index (χ0) is 12.1. The van der Waals surface area contributed by atoms with Crippen molar-refractivity contribution in [1.82, 2.24) is 5.32 Å². The average molecular weight is 215 g/mol. The van der Waals surface area contributed by atoms with Crippen molar-refractivity contribution in [3.63, 3.8) is 0 Å². The molecular weight excluding hydrogens is 194 g/mol. The smallest absolute Gasteiger partial charge is 0.330 e. The van der Waals surface area contributed by atoms with Gasteiger partial charge in [0.25, 0.3) is 0 Å². The van der Waals surface area contributed by atoms with Gasteiger partial charge in [0, 0.05) is 5.92 Å². The Morgan fingerprint density at radius 2 is 1.73 bits per heavy atom. The van der Waals surface area contributed by atoms with E-state index in [1.807, 2.05) is 13.8 Å². The second-order valence-corrected chi connectivity index (χ2v) is 4.12. The summed E-state index contributed by atoms with van der Waals surface area (Å²) in [6.07, 6.45) is 1.55. The molecule has 1 amide bonds. The molecule has 0 saturated carbocycles. The van der Waals surface area contributed by atoms with Gasteiger partial charge < -0.3 is 10.1 Å². The number of hydrogen-bond acceptors (Lipinski definition) is 3. The molecule has 1 N–H and O–H groups in total. The molecule has 0 bridgehead atoms. The third-order valence-electron chi connectivity index (χ3n) is 2.49. The normalized spacial score (nSPS) is 11.3. The van der Waals surface area contributed by atoms with Crippen LogP contribution in [0.2, 0.25) is 0 Å². The first-order valence-electron chi connectivity index (χ1n) is 5.29. The Kier molecular flexibility index (Phi) is 5.33. The Balaban J connectivity index is 4.45. The Bertz CT molecular complexity index is 232. The molecule has 0 saturated heterocycles.